The molecule has 2 N–H and O–H groups in total. The molecule has 0 atom stereocenters. The lowest BCUT2D eigenvalue weighted by atomic mass is 10.1. The molecule has 0 bridgehead atoms. The van der Waals surface area contributed by atoms with Crippen LogP contribution < -0.4 is 10.5 Å². The third kappa shape index (κ3) is 2.94. The summed E-state index contributed by atoms with van der Waals surface area (Å²) in [5, 5.41) is 0. The van der Waals surface area contributed by atoms with Crippen LogP contribution in [-0.4, -0.2) is 31.0 Å². The van der Waals surface area contributed by atoms with Crippen LogP contribution in [0.15, 0.2) is 18.2 Å². The van der Waals surface area contributed by atoms with Crippen LogP contribution in [0.1, 0.15) is 37.0 Å². The number of carbonyl (C=O) groups excluding carboxylic acids is 1. The maximum atomic E-state index is 12.3. The van der Waals surface area contributed by atoms with E-state index < -0.39 is 0 Å². The highest BCUT2D eigenvalue weighted by Gasteiger charge is 2.20. The molecule has 0 spiro atoms. The molecule has 0 aliphatic carbocycles. The minimum atomic E-state index is -0.0381. The molecule has 100 valence electrons. The molecule has 0 aliphatic heterocycles. The van der Waals surface area contributed by atoms with Gasteiger partial charge in [-0.2, -0.15) is 0 Å². The predicted octanol–water partition coefficient (Wildman–Crippen LogP) is 2.54. The lowest BCUT2D eigenvalue weighted by Gasteiger charge is -2.26. The Morgan fingerprint density at radius 1 is 1.39 bits per heavy atom. The first kappa shape index (κ1) is 14.4. The fourth-order valence-corrected chi connectivity index (χ4v) is 2.05. The van der Waals surface area contributed by atoms with E-state index in [-0.39, 0.29) is 11.9 Å². The second kappa shape index (κ2) is 6.28. The number of methoxy groups -OCH3 is 1. The molecule has 1 aromatic carbocycles. The molecule has 0 saturated carbocycles. The van der Waals surface area contributed by atoms with E-state index in [0.717, 1.165) is 12.8 Å². The van der Waals surface area contributed by atoms with E-state index >= 15 is 0 Å². The van der Waals surface area contributed by atoms with Gasteiger partial charge >= 0.3 is 0 Å². The molecule has 4 heteroatoms. The summed E-state index contributed by atoms with van der Waals surface area (Å²) in [5.74, 6) is 0.623. The summed E-state index contributed by atoms with van der Waals surface area (Å²) in [7, 11) is 3.40. The number of hydrogen-bond donors (Lipinski definition) is 1. The number of nitrogens with zero attached hydrogens (tertiary/aromatic N) is 1. The van der Waals surface area contributed by atoms with Crippen LogP contribution in [-0.2, 0) is 0 Å². The van der Waals surface area contributed by atoms with Gasteiger partial charge in [0.25, 0.3) is 5.91 Å². The van der Waals surface area contributed by atoms with Crippen molar-refractivity contribution in [2.75, 3.05) is 19.9 Å². The molecular formula is C14H22N2O2. The molecule has 0 fully saturated rings. The van der Waals surface area contributed by atoms with Crippen molar-refractivity contribution in [3.63, 3.8) is 0 Å². The molecule has 1 rings (SSSR count). The van der Waals surface area contributed by atoms with Crippen LogP contribution in [0.2, 0.25) is 0 Å². The molecule has 1 aromatic rings. The number of nitrogens with two attached hydrogens (primary N) is 1. The highest BCUT2D eigenvalue weighted by Crippen LogP contribution is 2.22. The van der Waals surface area contributed by atoms with Crippen molar-refractivity contribution in [1.29, 1.82) is 0 Å². The second-order valence-electron chi connectivity index (χ2n) is 4.34. The van der Waals surface area contributed by atoms with Crippen LogP contribution in [0.4, 0.5) is 5.69 Å². The highest BCUT2D eigenvalue weighted by molar-refractivity contribution is 5.99. The molecule has 18 heavy (non-hydrogen) atoms. The molecular weight excluding hydrogens is 228 g/mol. The third-order valence-corrected chi connectivity index (χ3v) is 3.30. The van der Waals surface area contributed by atoms with Gasteiger partial charge in [0.15, 0.2) is 0 Å². The van der Waals surface area contributed by atoms with Gasteiger partial charge in [0, 0.05) is 24.8 Å². The van der Waals surface area contributed by atoms with E-state index in [1.54, 1.807) is 30.2 Å². The third-order valence-electron chi connectivity index (χ3n) is 3.30. The zero-order valence-corrected chi connectivity index (χ0v) is 11.6. The Bertz CT molecular complexity index is 414. The number of nitrogen functional groups attached to an aromatic ring is 1. The molecule has 0 radical (unpaired) electrons. The van der Waals surface area contributed by atoms with Crippen molar-refractivity contribution in [2.24, 2.45) is 0 Å². The molecule has 0 saturated heterocycles. The van der Waals surface area contributed by atoms with Crippen LogP contribution in [0, 0.1) is 0 Å². The molecule has 0 aliphatic rings. The molecule has 0 aromatic heterocycles. The summed E-state index contributed by atoms with van der Waals surface area (Å²) >= 11 is 0. The van der Waals surface area contributed by atoms with Crippen molar-refractivity contribution in [1.82, 2.24) is 4.90 Å². The summed E-state index contributed by atoms with van der Waals surface area (Å²) in [6.45, 7) is 4.16. The van der Waals surface area contributed by atoms with Gasteiger partial charge in [-0.1, -0.05) is 13.8 Å². The number of ether oxygens (including phenoxy) is 1. The largest absolute Gasteiger partial charge is 0.497 e. The maximum absolute atomic E-state index is 12.3. The first-order chi connectivity index (χ1) is 8.54. The first-order valence-electron chi connectivity index (χ1n) is 6.25. The van der Waals surface area contributed by atoms with Gasteiger partial charge in [-0.3, -0.25) is 4.79 Å². The Kier molecular flexibility index (Phi) is 5.01. The zero-order chi connectivity index (χ0) is 13.7. The van der Waals surface area contributed by atoms with Gasteiger partial charge in [0.05, 0.1) is 12.7 Å². The highest BCUT2D eigenvalue weighted by atomic mass is 16.5. The number of amides is 1. The first-order valence-corrected chi connectivity index (χ1v) is 6.25. The number of rotatable bonds is 5. The Hall–Kier alpha value is -1.71. The molecule has 0 heterocycles. The zero-order valence-electron chi connectivity index (χ0n) is 11.6. The van der Waals surface area contributed by atoms with Crippen molar-refractivity contribution in [3.8, 4) is 5.75 Å². The fraction of sp³-hybridized carbons (Fsp3) is 0.500. The maximum Gasteiger partial charge on any atom is 0.255 e. The van der Waals surface area contributed by atoms with Crippen molar-refractivity contribution < 1.29 is 9.53 Å². The van der Waals surface area contributed by atoms with Crippen LogP contribution in [0.25, 0.3) is 0 Å². The van der Waals surface area contributed by atoms with E-state index in [2.05, 4.69) is 13.8 Å². The summed E-state index contributed by atoms with van der Waals surface area (Å²) in [5.41, 5.74) is 6.88. The topological polar surface area (TPSA) is 55.6 Å². The Balaban J connectivity index is 2.96. The number of anilines is 1. The quantitative estimate of drug-likeness (QED) is 0.817. The predicted molar refractivity (Wildman–Crippen MR) is 73.9 cm³/mol. The van der Waals surface area contributed by atoms with Crippen molar-refractivity contribution in [2.45, 2.75) is 32.7 Å². The minimum absolute atomic E-state index is 0.0381. The number of hydrogen-bond acceptors (Lipinski definition) is 3. The average molecular weight is 250 g/mol. The Morgan fingerprint density at radius 3 is 2.44 bits per heavy atom. The molecule has 4 nitrogen and oxygen atoms in total. The van der Waals surface area contributed by atoms with E-state index in [0.29, 0.717) is 17.0 Å². The Labute approximate surface area is 109 Å². The van der Waals surface area contributed by atoms with Gasteiger partial charge in [-0.05, 0) is 25.0 Å². The summed E-state index contributed by atoms with van der Waals surface area (Å²) in [6.07, 6.45) is 1.88. The second-order valence-corrected chi connectivity index (χ2v) is 4.34. The average Bonchev–Trinajstić information content (AvgIpc) is 2.39. The summed E-state index contributed by atoms with van der Waals surface area (Å²) < 4.78 is 5.08. The van der Waals surface area contributed by atoms with E-state index in [1.165, 1.54) is 0 Å². The lowest BCUT2D eigenvalue weighted by Crippen LogP contribution is -2.36. The monoisotopic (exact) mass is 250 g/mol. The fourth-order valence-electron chi connectivity index (χ4n) is 2.05. The van der Waals surface area contributed by atoms with Crippen molar-refractivity contribution >= 4 is 11.6 Å². The number of benzene rings is 1. The minimum Gasteiger partial charge on any atom is -0.497 e. The van der Waals surface area contributed by atoms with E-state index in [4.69, 9.17) is 10.5 Å². The van der Waals surface area contributed by atoms with E-state index in [9.17, 15) is 4.79 Å². The summed E-state index contributed by atoms with van der Waals surface area (Å²) in [4.78, 5) is 14.1. The normalized spacial score (nSPS) is 10.5. The number of carbonyl (C=O) groups is 1. The van der Waals surface area contributed by atoms with Gasteiger partial charge < -0.3 is 15.4 Å². The lowest BCUT2D eigenvalue weighted by molar-refractivity contribution is 0.0725. The van der Waals surface area contributed by atoms with E-state index in [1.807, 2.05) is 7.05 Å². The molecule has 0 unspecified atom stereocenters. The van der Waals surface area contributed by atoms with Crippen molar-refractivity contribution in [3.05, 3.63) is 23.8 Å². The molecule has 1 amide bonds. The van der Waals surface area contributed by atoms with Crippen LogP contribution >= 0.6 is 0 Å². The van der Waals surface area contributed by atoms with Gasteiger partial charge in [-0.25, -0.2) is 0 Å². The standard InChI is InChI=1S/C14H22N2O2/c1-5-10(6-2)16(3)14(17)12-8-7-11(18-4)9-13(12)15/h7-10H,5-6,15H2,1-4H3. The van der Waals surface area contributed by atoms with Crippen LogP contribution in [0.5, 0.6) is 5.75 Å². The van der Waals surface area contributed by atoms with Gasteiger partial charge in [-0.15, -0.1) is 0 Å². The Morgan fingerprint density at radius 2 is 2.00 bits per heavy atom. The summed E-state index contributed by atoms with van der Waals surface area (Å²) in [6, 6.07) is 5.40. The smallest absolute Gasteiger partial charge is 0.255 e. The SMILES string of the molecule is CCC(CC)N(C)C(=O)c1ccc(OC)cc1N. The van der Waals surface area contributed by atoms with Crippen LogP contribution in [0.3, 0.4) is 0 Å². The van der Waals surface area contributed by atoms with Gasteiger partial charge in [0.1, 0.15) is 5.75 Å². The van der Waals surface area contributed by atoms with Gasteiger partial charge in [0.2, 0.25) is 0 Å².